The van der Waals surface area contributed by atoms with Gasteiger partial charge in [0.15, 0.2) is 0 Å². The average molecular weight is 380 g/mol. The molecule has 0 unspecified atom stereocenters. The van der Waals surface area contributed by atoms with Gasteiger partial charge < -0.3 is 9.80 Å². The molecule has 0 aliphatic carbocycles. The quantitative estimate of drug-likeness (QED) is 0.791. The minimum atomic E-state index is 0.356. The molecule has 0 amide bonds. The number of rotatable bonds is 5. The lowest BCUT2D eigenvalue weighted by atomic mass is 9.84. The molecule has 28 heavy (non-hydrogen) atoms. The molecule has 1 aromatic carbocycles. The van der Waals surface area contributed by atoms with Crippen molar-refractivity contribution < 1.29 is 0 Å². The maximum absolute atomic E-state index is 4.44. The number of piperidine rings is 1. The van der Waals surface area contributed by atoms with Gasteiger partial charge in [-0.25, -0.2) is 9.97 Å². The Morgan fingerprint density at radius 3 is 2.50 bits per heavy atom. The van der Waals surface area contributed by atoms with Crippen LogP contribution in [-0.2, 0) is 6.54 Å². The summed E-state index contributed by atoms with van der Waals surface area (Å²) in [7, 11) is 4.30. The molecule has 5 nitrogen and oxygen atoms in total. The highest BCUT2D eigenvalue weighted by atomic mass is 15.3. The topological polar surface area (TPSA) is 35.5 Å². The number of nitrogens with zero attached hydrogens (tertiary/aromatic N) is 5. The molecule has 0 N–H and O–H groups in total. The third-order valence-electron chi connectivity index (χ3n) is 6.85. The second-order valence-electron chi connectivity index (χ2n) is 8.67. The van der Waals surface area contributed by atoms with Crippen LogP contribution in [0.1, 0.15) is 49.8 Å². The molecule has 0 bridgehead atoms. The summed E-state index contributed by atoms with van der Waals surface area (Å²) in [5.41, 5.74) is 3.21. The Kier molecular flexibility index (Phi) is 5.65. The Bertz CT molecular complexity index is 768. The number of aromatic nitrogens is 2. The summed E-state index contributed by atoms with van der Waals surface area (Å²) in [5, 5.41) is 0. The van der Waals surface area contributed by atoms with Crippen LogP contribution in [0.2, 0.25) is 0 Å². The molecular weight excluding hydrogens is 346 g/mol. The van der Waals surface area contributed by atoms with Crippen LogP contribution in [0.25, 0.3) is 0 Å². The van der Waals surface area contributed by atoms with Crippen molar-refractivity contribution in [1.82, 2.24) is 19.8 Å². The minimum Gasteiger partial charge on any atom is -0.341 e. The van der Waals surface area contributed by atoms with Gasteiger partial charge in [-0.15, -0.1) is 0 Å². The van der Waals surface area contributed by atoms with E-state index in [0.29, 0.717) is 11.6 Å². The molecule has 3 heterocycles. The van der Waals surface area contributed by atoms with Gasteiger partial charge in [-0.05, 0) is 70.4 Å². The van der Waals surface area contributed by atoms with Crippen LogP contribution < -0.4 is 4.90 Å². The molecule has 2 aliphatic rings. The van der Waals surface area contributed by atoms with Gasteiger partial charge in [0.1, 0.15) is 0 Å². The molecular formula is C23H33N5. The predicted molar refractivity (Wildman–Crippen MR) is 114 cm³/mol. The largest absolute Gasteiger partial charge is 0.341 e. The smallest absolute Gasteiger partial charge is 0.225 e. The summed E-state index contributed by atoms with van der Waals surface area (Å²) in [5.74, 6) is 0.882. The van der Waals surface area contributed by atoms with E-state index < -0.39 is 0 Å². The Labute approximate surface area is 169 Å². The lowest BCUT2D eigenvalue weighted by Crippen LogP contribution is -2.52. The highest BCUT2D eigenvalue weighted by Gasteiger charge is 2.43. The van der Waals surface area contributed by atoms with Crippen molar-refractivity contribution >= 4 is 5.95 Å². The first kappa shape index (κ1) is 19.3. The van der Waals surface area contributed by atoms with Gasteiger partial charge in [0, 0.05) is 43.6 Å². The fourth-order valence-corrected chi connectivity index (χ4v) is 4.85. The maximum Gasteiger partial charge on any atom is 0.225 e. The van der Waals surface area contributed by atoms with Crippen molar-refractivity contribution in [2.75, 3.05) is 38.6 Å². The first-order chi connectivity index (χ1) is 13.6. The van der Waals surface area contributed by atoms with E-state index in [-0.39, 0.29) is 0 Å². The fraction of sp³-hybridized carbons (Fsp3) is 0.565. The first-order valence-electron chi connectivity index (χ1n) is 10.6. The average Bonchev–Trinajstić information content (AvgIpc) is 3.10. The molecule has 0 radical (unpaired) electrons. The van der Waals surface area contributed by atoms with Crippen molar-refractivity contribution in [3.8, 4) is 0 Å². The number of hydrogen-bond acceptors (Lipinski definition) is 5. The molecule has 4 rings (SSSR count). The Morgan fingerprint density at radius 1 is 1.04 bits per heavy atom. The number of benzene rings is 1. The Balaban J connectivity index is 1.44. The molecule has 1 aromatic heterocycles. The molecule has 2 fully saturated rings. The van der Waals surface area contributed by atoms with E-state index in [9.17, 15) is 0 Å². The monoisotopic (exact) mass is 379 g/mol. The third-order valence-corrected chi connectivity index (χ3v) is 6.85. The number of anilines is 1. The summed E-state index contributed by atoms with van der Waals surface area (Å²) >= 11 is 0. The molecule has 2 saturated heterocycles. The van der Waals surface area contributed by atoms with Crippen LogP contribution in [-0.4, -0.2) is 59.0 Å². The van der Waals surface area contributed by atoms with Crippen molar-refractivity contribution in [3.63, 3.8) is 0 Å². The summed E-state index contributed by atoms with van der Waals surface area (Å²) in [6.07, 6.45) is 8.74. The van der Waals surface area contributed by atoms with E-state index in [1.165, 1.54) is 43.4 Å². The van der Waals surface area contributed by atoms with Gasteiger partial charge in [-0.3, -0.25) is 4.90 Å². The zero-order valence-corrected chi connectivity index (χ0v) is 17.5. The van der Waals surface area contributed by atoms with E-state index in [4.69, 9.17) is 0 Å². The van der Waals surface area contributed by atoms with Gasteiger partial charge in [0.05, 0.1) is 0 Å². The first-order valence-corrected chi connectivity index (χ1v) is 10.6. The predicted octanol–water partition coefficient (Wildman–Crippen LogP) is 3.73. The summed E-state index contributed by atoms with van der Waals surface area (Å²) in [4.78, 5) is 16.3. The Morgan fingerprint density at radius 2 is 1.79 bits per heavy atom. The highest BCUT2D eigenvalue weighted by Crippen LogP contribution is 2.40. The van der Waals surface area contributed by atoms with Crippen molar-refractivity contribution in [3.05, 3.63) is 53.9 Å². The van der Waals surface area contributed by atoms with E-state index in [1.807, 2.05) is 18.5 Å². The SMILES string of the molecule is C[C@@H](c1cccc(CN2CCCC23CCN(c2ncccn2)CC3)c1)N(C)C. The van der Waals surface area contributed by atoms with Gasteiger partial charge in [-0.2, -0.15) is 0 Å². The van der Waals surface area contributed by atoms with Gasteiger partial charge in [0.2, 0.25) is 5.95 Å². The summed E-state index contributed by atoms with van der Waals surface area (Å²) in [6.45, 7) is 6.67. The van der Waals surface area contributed by atoms with Crippen molar-refractivity contribution in [1.29, 1.82) is 0 Å². The number of hydrogen-bond donors (Lipinski definition) is 0. The standard InChI is InChI=1S/C23H33N5/c1-19(26(2)3)21-8-4-7-20(17-21)18-28-14-5-9-23(28)10-15-27(16-11-23)22-24-12-6-13-25-22/h4,6-8,12-13,17,19H,5,9-11,14-16,18H2,1-3H3/t19-/m0/s1. The summed E-state index contributed by atoms with van der Waals surface area (Å²) < 4.78 is 0. The van der Waals surface area contributed by atoms with Crippen LogP contribution in [0, 0.1) is 0 Å². The van der Waals surface area contributed by atoms with Gasteiger partial charge >= 0.3 is 0 Å². The molecule has 2 aromatic rings. The van der Waals surface area contributed by atoms with Gasteiger partial charge in [-0.1, -0.05) is 24.3 Å². The lowest BCUT2D eigenvalue weighted by Gasteiger charge is -2.45. The van der Waals surface area contributed by atoms with E-state index in [1.54, 1.807) is 0 Å². The normalized spacial score (nSPS) is 20.8. The molecule has 0 saturated carbocycles. The maximum atomic E-state index is 4.44. The lowest BCUT2D eigenvalue weighted by molar-refractivity contribution is 0.0994. The minimum absolute atomic E-state index is 0.356. The summed E-state index contributed by atoms with van der Waals surface area (Å²) in [6, 6.07) is 11.5. The van der Waals surface area contributed by atoms with Crippen LogP contribution in [0.5, 0.6) is 0 Å². The van der Waals surface area contributed by atoms with Crippen LogP contribution in [0.15, 0.2) is 42.7 Å². The fourth-order valence-electron chi connectivity index (χ4n) is 4.85. The molecule has 1 spiro atoms. The third kappa shape index (κ3) is 3.91. The molecule has 1 atom stereocenters. The zero-order chi connectivity index (χ0) is 19.6. The van der Waals surface area contributed by atoms with Crippen LogP contribution in [0.4, 0.5) is 5.95 Å². The number of likely N-dealkylation sites (tertiary alicyclic amines) is 1. The van der Waals surface area contributed by atoms with Crippen LogP contribution in [0.3, 0.4) is 0 Å². The van der Waals surface area contributed by atoms with Crippen LogP contribution >= 0.6 is 0 Å². The van der Waals surface area contributed by atoms with E-state index in [0.717, 1.165) is 25.6 Å². The second kappa shape index (κ2) is 8.18. The zero-order valence-electron chi connectivity index (χ0n) is 17.5. The van der Waals surface area contributed by atoms with Crippen molar-refractivity contribution in [2.24, 2.45) is 0 Å². The molecule has 5 heteroatoms. The van der Waals surface area contributed by atoms with Gasteiger partial charge in [0.25, 0.3) is 0 Å². The second-order valence-corrected chi connectivity index (χ2v) is 8.67. The Hall–Kier alpha value is -1.98. The molecule has 2 aliphatic heterocycles. The van der Waals surface area contributed by atoms with E-state index >= 15 is 0 Å². The van der Waals surface area contributed by atoms with Crippen molar-refractivity contribution in [2.45, 2.75) is 50.7 Å². The molecule has 150 valence electrons. The van der Waals surface area contributed by atoms with E-state index in [2.05, 4.69) is 70.0 Å². The highest BCUT2D eigenvalue weighted by molar-refractivity contribution is 5.31.